The van der Waals surface area contributed by atoms with Crippen molar-refractivity contribution in [2.75, 3.05) is 19.0 Å². The van der Waals surface area contributed by atoms with Gasteiger partial charge in [0.05, 0.1) is 89.4 Å². The number of amides is 1. The average Bonchev–Trinajstić information content (AvgIpc) is 1.60. The van der Waals surface area contributed by atoms with Gasteiger partial charge >= 0.3 is 35.6 Å². The van der Waals surface area contributed by atoms with E-state index in [1.807, 2.05) is 122 Å². The van der Waals surface area contributed by atoms with Crippen LogP contribution in [0.2, 0.25) is 0 Å². The van der Waals surface area contributed by atoms with Crippen molar-refractivity contribution in [1.29, 1.82) is 15.8 Å². The standard InChI is InChI=1S/C20H15N7O2.C18H13N9O2S.C18H15N7O2S.C16H15N7O2S.C15H17N9O4S3/c1-13(28)12-27-17-10-6-5-9-15(17)22-19(27)16(11-21)24-25-20-23-18(26-29-20)14-7-3-2-4-8-14;1-10(28)9-27-16(22-15(20-2)17(27)21-3)12(13(19)29)24-25-18-23-14(26-30-18)11-7-5-4-6-8-11;1-4-27-15(26)10-25-14-8-6-5-7-12(14)21-17(25)13(9-19)22-23-18-16(20-3)11(2)24-28-18;1-3-25-14(24)9-23-13-7-5-4-6-11(13)19-15(23)12(8-17)20-21-16-18-10(2)22-26-16;1-6-29-15-23-22-14(30-15)21-20-13(31(16,26)27)12-19-10(17-4)11(18-5)24(12)7-9(25)28-8(2)3/h2-10,16H,12H2,1H3;4-8,12H,9H2,1H3,(H2,19,29);5-8,13H,4,10H2,1-2H3;4-7,12H,3,9H2,1-2H3;8,13H,6-7H2,1-3H3,(H2,16,26,27). The van der Waals surface area contributed by atoms with Gasteiger partial charge in [0.1, 0.15) is 31.2 Å². The topological polar surface area (TPSA) is 651 Å². The third kappa shape index (κ3) is 27.6. The summed E-state index contributed by atoms with van der Waals surface area (Å²) in [6, 6.07) is 42.0. The Morgan fingerprint density at radius 2 is 0.958 bits per heavy atom. The third-order valence-corrected chi connectivity index (χ3v) is 23.3. The van der Waals surface area contributed by atoms with Gasteiger partial charge in [0.2, 0.25) is 56.0 Å². The Balaban J connectivity index is 0.000000172. The molecule has 4 N–H and O–H groups in total. The molecule has 15 rings (SSSR count). The number of hydrogen-bond acceptors (Lipinski definition) is 44. The maximum absolute atomic E-state index is 12.2. The number of hydrogen-bond donors (Lipinski definition) is 2. The zero-order valence-electron chi connectivity index (χ0n) is 76.9. The second-order valence-corrected chi connectivity index (χ2v) is 35.2. The SMILES string of the molecule is CC(=O)Cn1c(C(C#N)N=Nc2nc(-c3ccccc3)no2)nc2ccccc21.CCOC(=O)Cn1c(C(C#N)N=Nc2nc(C)ns2)nc2ccccc21.[C-]#[N+]c1c(C)nsc1N=NC(C#N)c1nc2ccccc2n1CC(=O)OCC.[C-]#[N+]c1nc(C(N=Nc2nc(-c3ccccc3)ns2)C(N)=O)n(CC(C)=O)c1[N+]#[C-].[C-]#[N+]c1nc(C(N=Nc2nnc(SCC)s2)S(N)(=O)=O)n(CC(=O)OC(C)C)c1[N+]#[C-]. The van der Waals surface area contributed by atoms with E-state index in [4.69, 9.17) is 62.5 Å². The Labute approximate surface area is 837 Å². The normalized spacial score (nSPS) is 12.2. The Morgan fingerprint density at radius 1 is 0.500 bits per heavy atom. The van der Waals surface area contributed by atoms with Gasteiger partial charge in [0.15, 0.2) is 45.0 Å². The van der Waals surface area contributed by atoms with Crippen LogP contribution in [0.25, 0.3) is 80.1 Å². The van der Waals surface area contributed by atoms with E-state index in [-0.39, 0.29) is 96.3 Å². The molecule has 0 aliphatic carbocycles. The van der Waals surface area contributed by atoms with Crippen LogP contribution >= 0.6 is 57.7 Å². The number of nitriles is 3. The van der Waals surface area contributed by atoms with Crippen molar-refractivity contribution in [2.45, 2.75) is 135 Å². The predicted molar refractivity (Wildman–Crippen MR) is 519 cm³/mol. The number of sulfonamides is 1. The van der Waals surface area contributed by atoms with Crippen LogP contribution in [-0.2, 0) is 85.7 Å². The Kier molecular flexibility index (Phi) is 37.6. The molecule has 1 amide bonds. The number of carbonyl (C=O) groups is 6. The highest BCUT2D eigenvalue weighted by atomic mass is 32.2. The molecule has 0 bridgehead atoms. The van der Waals surface area contributed by atoms with Crippen LogP contribution in [0, 0.1) is 80.7 Å². The Hall–Kier alpha value is -18.2. The lowest BCUT2D eigenvalue weighted by Crippen LogP contribution is -2.25. The number of Topliss-reactive ketones (excluding diaryl/α,β-unsaturated/α-hetero) is 2. The number of aromatic nitrogens is 19. The maximum atomic E-state index is 12.2. The van der Waals surface area contributed by atoms with Gasteiger partial charge in [-0.25, -0.2) is 47.5 Å². The van der Waals surface area contributed by atoms with Crippen molar-refractivity contribution < 1.29 is 55.9 Å². The second-order valence-electron chi connectivity index (χ2n) is 28.9. The quantitative estimate of drug-likeness (QED) is 0.0124. The first-order chi connectivity index (χ1) is 69.4. The molecular formula is C87H75N39O12S6. The van der Waals surface area contributed by atoms with Crippen LogP contribution in [0.1, 0.15) is 119 Å². The number of carbonyl (C=O) groups excluding carboxylic acids is 6. The van der Waals surface area contributed by atoms with E-state index in [1.165, 1.54) is 25.6 Å². The van der Waals surface area contributed by atoms with E-state index in [0.717, 1.165) is 83.0 Å². The number of azo groups is 5. The Morgan fingerprint density at radius 3 is 1.43 bits per heavy atom. The van der Waals surface area contributed by atoms with E-state index >= 15 is 0 Å². The summed E-state index contributed by atoms with van der Waals surface area (Å²) in [5.41, 5.74) is 12.0. The first kappa shape index (κ1) is 106. The lowest BCUT2D eigenvalue weighted by atomic mass is 10.2. The molecule has 15 aromatic rings. The number of benzene rings is 5. The molecule has 144 heavy (non-hydrogen) atoms. The van der Waals surface area contributed by atoms with Crippen LogP contribution < -0.4 is 10.9 Å². The number of fused-ring (bicyclic) bond motifs is 3. The van der Waals surface area contributed by atoms with Crippen molar-refractivity contribution in [1.82, 2.24) is 91.2 Å². The second kappa shape index (κ2) is 50.9. The molecule has 5 atom stereocenters. The fourth-order valence-corrected chi connectivity index (χ4v) is 16.5. The lowest BCUT2D eigenvalue weighted by Gasteiger charge is -2.10. The van der Waals surface area contributed by atoms with Gasteiger partial charge in [0.25, 0.3) is 39.7 Å². The number of aryl methyl sites for hydroxylation is 2. The number of nitrogens with two attached hydrogens (primary N) is 2. The van der Waals surface area contributed by atoms with Crippen LogP contribution in [0.5, 0.6) is 0 Å². The number of para-hydroxylation sites is 6. The molecular weight excluding hydrogens is 1980 g/mol. The minimum Gasteiger partial charge on any atom is -0.465 e. The molecule has 0 spiro atoms. The zero-order valence-corrected chi connectivity index (χ0v) is 81.8. The molecule has 0 fully saturated rings. The highest BCUT2D eigenvalue weighted by Crippen LogP contribution is 2.41. The summed E-state index contributed by atoms with van der Waals surface area (Å²) in [6.07, 6.45) is -0.447. The first-order valence-electron chi connectivity index (χ1n) is 41.9. The number of primary amides is 1. The fraction of sp³-hybridized carbons (Fsp3) is 0.264. The molecule has 57 heteroatoms. The summed E-state index contributed by atoms with van der Waals surface area (Å²) in [5.74, 6) is -1.43. The van der Waals surface area contributed by atoms with Gasteiger partial charge in [0, 0.05) is 34.2 Å². The summed E-state index contributed by atoms with van der Waals surface area (Å²) in [4.78, 5) is 121. The first-order valence-corrected chi connectivity index (χ1v) is 47.6. The summed E-state index contributed by atoms with van der Waals surface area (Å²) in [5, 5.41) is 84.2. The third-order valence-electron chi connectivity index (χ3n) is 18.4. The van der Waals surface area contributed by atoms with E-state index in [9.17, 15) is 53.0 Å². The minimum absolute atomic E-state index is 0.0602. The number of primary sulfonamides is 1. The van der Waals surface area contributed by atoms with Gasteiger partial charge in [-0.05, 0) is 109 Å². The molecule has 0 aliphatic rings. The highest BCUT2D eigenvalue weighted by Gasteiger charge is 2.40. The number of ketones is 2. The van der Waals surface area contributed by atoms with Gasteiger partial charge in [-0.3, -0.25) is 33.1 Å². The summed E-state index contributed by atoms with van der Waals surface area (Å²) in [7, 11) is -4.44. The molecule has 5 aromatic carbocycles. The molecule has 5 unspecified atom stereocenters. The van der Waals surface area contributed by atoms with Crippen molar-refractivity contribution >= 4 is 192 Å². The van der Waals surface area contributed by atoms with Crippen LogP contribution in [0.4, 0.5) is 55.4 Å². The van der Waals surface area contributed by atoms with Crippen molar-refractivity contribution in [3.05, 3.63) is 231 Å². The van der Waals surface area contributed by atoms with Crippen molar-refractivity contribution in [3.63, 3.8) is 0 Å². The van der Waals surface area contributed by atoms with E-state index in [1.54, 1.807) is 73.4 Å². The number of nitrogens with zero attached hydrogens (tertiary/aromatic N) is 37. The highest BCUT2D eigenvalue weighted by molar-refractivity contribution is 8.01. The predicted octanol–water partition coefficient (Wildman–Crippen LogP) is 17.8. The molecule has 726 valence electrons. The molecule has 0 aliphatic heterocycles. The van der Waals surface area contributed by atoms with Crippen molar-refractivity contribution in [2.24, 2.45) is 62.0 Å². The zero-order chi connectivity index (χ0) is 104. The fourth-order valence-electron chi connectivity index (χ4n) is 12.6. The Bertz CT molecular complexity index is 7880. The van der Waals surface area contributed by atoms with Gasteiger partial charge in [-0.2, -0.15) is 65.2 Å². The summed E-state index contributed by atoms with van der Waals surface area (Å²) < 4.78 is 64.6. The maximum Gasteiger partial charge on any atom is 0.366 e. The van der Waals surface area contributed by atoms with Gasteiger partial charge in [-0.15, -0.1) is 25.5 Å². The van der Waals surface area contributed by atoms with E-state index in [2.05, 4.69) is 162 Å². The van der Waals surface area contributed by atoms with E-state index < -0.39 is 87.7 Å². The number of thioether (sulfide) groups is 1. The van der Waals surface area contributed by atoms with Gasteiger partial charge < -0.3 is 57.5 Å². The lowest BCUT2D eigenvalue weighted by molar-refractivity contribution is -0.148. The van der Waals surface area contributed by atoms with E-state index in [0.29, 0.717) is 77.0 Å². The molecule has 51 nitrogen and oxygen atoms in total. The smallest absolute Gasteiger partial charge is 0.366 e. The molecule has 0 saturated heterocycles. The number of rotatable bonds is 34. The number of ether oxygens (including phenoxy) is 3. The molecule has 10 aromatic heterocycles. The summed E-state index contributed by atoms with van der Waals surface area (Å²) in [6.45, 7) is 50.7. The molecule has 0 saturated carbocycles. The van der Waals surface area contributed by atoms with Crippen LogP contribution in [-0.4, -0.2) is 160 Å². The monoisotopic (exact) mass is 2050 g/mol. The minimum atomic E-state index is -4.44. The van der Waals surface area contributed by atoms with Crippen LogP contribution in [0.3, 0.4) is 0 Å². The number of esters is 3. The largest absolute Gasteiger partial charge is 0.465 e. The summed E-state index contributed by atoms with van der Waals surface area (Å²) >= 11 is 5.62. The number of imidazole rings is 5. The molecule has 0 radical (unpaired) electrons. The average molecular weight is 2050 g/mol. The van der Waals surface area contributed by atoms with Crippen LogP contribution in [0.15, 0.2) is 193 Å². The van der Waals surface area contributed by atoms with Gasteiger partial charge in [-0.1, -0.05) is 174 Å². The molecule has 10 heterocycles. The van der Waals surface area contributed by atoms with Crippen molar-refractivity contribution in [3.8, 4) is 41.0 Å².